The molecule has 0 aliphatic heterocycles. The van der Waals surface area contributed by atoms with Gasteiger partial charge in [0.25, 0.3) is 5.56 Å². The number of nitrogens with one attached hydrogen (secondary N) is 1. The van der Waals surface area contributed by atoms with Crippen molar-refractivity contribution >= 4 is 28.6 Å². The van der Waals surface area contributed by atoms with Gasteiger partial charge in [0.1, 0.15) is 0 Å². The van der Waals surface area contributed by atoms with E-state index in [1.165, 1.54) is 11.8 Å². The number of rotatable bonds is 6. The summed E-state index contributed by atoms with van der Waals surface area (Å²) in [4.78, 5) is 29.3. The van der Waals surface area contributed by atoms with Gasteiger partial charge in [0, 0.05) is 13.1 Å². The van der Waals surface area contributed by atoms with Gasteiger partial charge in [-0.25, -0.2) is 4.98 Å². The predicted molar refractivity (Wildman–Crippen MR) is 105 cm³/mol. The van der Waals surface area contributed by atoms with Crippen LogP contribution in [0.1, 0.15) is 18.1 Å². The number of hydrogen-bond acceptors (Lipinski definition) is 4. The number of para-hydroxylation sites is 1. The van der Waals surface area contributed by atoms with E-state index in [1.807, 2.05) is 56.3 Å². The third kappa shape index (κ3) is 3.96. The van der Waals surface area contributed by atoms with E-state index < -0.39 is 0 Å². The highest BCUT2D eigenvalue weighted by molar-refractivity contribution is 7.99. The Bertz CT molecular complexity index is 998. The minimum absolute atomic E-state index is 0.0686. The van der Waals surface area contributed by atoms with Gasteiger partial charge in [-0.15, -0.1) is 0 Å². The normalized spacial score (nSPS) is 10.8. The quantitative estimate of drug-likeness (QED) is 0.537. The van der Waals surface area contributed by atoms with E-state index in [2.05, 4.69) is 10.3 Å². The van der Waals surface area contributed by atoms with Gasteiger partial charge in [0.2, 0.25) is 5.91 Å². The molecule has 1 aromatic heterocycles. The average Bonchev–Trinajstić information content (AvgIpc) is 2.66. The first-order chi connectivity index (χ1) is 12.6. The Morgan fingerprint density at radius 2 is 1.88 bits per heavy atom. The molecule has 0 radical (unpaired) electrons. The lowest BCUT2D eigenvalue weighted by Gasteiger charge is -2.11. The highest BCUT2D eigenvalue weighted by Crippen LogP contribution is 2.17. The van der Waals surface area contributed by atoms with Gasteiger partial charge in [-0.3, -0.25) is 14.2 Å². The van der Waals surface area contributed by atoms with Gasteiger partial charge in [-0.1, -0.05) is 48.2 Å². The van der Waals surface area contributed by atoms with Gasteiger partial charge < -0.3 is 5.32 Å². The molecule has 134 valence electrons. The average molecular weight is 367 g/mol. The molecular weight excluding hydrogens is 346 g/mol. The second-order valence-corrected chi connectivity index (χ2v) is 6.90. The third-order valence-corrected chi connectivity index (χ3v) is 5.19. The summed E-state index contributed by atoms with van der Waals surface area (Å²) in [7, 11) is 0. The molecule has 26 heavy (non-hydrogen) atoms. The van der Waals surface area contributed by atoms with Crippen molar-refractivity contribution in [3.05, 3.63) is 70.0 Å². The monoisotopic (exact) mass is 367 g/mol. The number of hydrogen-bond donors (Lipinski definition) is 1. The Kier molecular flexibility index (Phi) is 5.73. The maximum absolute atomic E-state index is 12.6. The van der Waals surface area contributed by atoms with Crippen molar-refractivity contribution in [1.82, 2.24) is 14.9 Å². The SMILES string of the molecule is CCn1c(SCC(=O)NCc2ccccc2C)nc2ccccc2c1=O. The van der Waals surface area contributed by atoms with Crippen LogP contribution in [0.5, 0.6) is 0 Å². The summed E-state index contributed by atoms with van der Waals surface area (Å²) in [5.41, 5.74) is 2.84. The fourth-order valence-corrected chi connectivity index (χ4v) is 3.61. The van der Waals surface area contributed by atoms with Crippen molar-refractivity contribution in [1.29, 1.82) is 0 Å². The molecule has 1 heterocycles. The number of aryl methyl sites for hydroxylation is 1. The predicted octanol–water partition coefficient (Wildman–Crippen LogP) is 3.13. The topological polar surface area (TPSA) is 64.0 Å². The molecule has 5 nitrogen and oxygen atoms in total. The zero-order valence-corrected chi connectivity index (χ0v) is 15.7. The Labute approximate surface area is 156 Å². The number of aromatic nitrogens is 2. The molecule has 0 fully saturated rings. The smallest absolute Gasteiger partial charge is 0.262 e. The van der Waals surface area contributed by atoms with Crippen LogP contribution in [0, 0.1) is 6.92 Å². The second-order valence-electron chi connectivity index (χ2n) is 5.95. The fourth-order valence-electron chi connectivity index (χ4n) is 2.72. The van der Waals surface area contributed by atoms with Crippen LogP contribution in [0.3, 0.4) is 0 Å². The minimum atomic E-state index is -0.0803. The molecule has 1 amide bonds. The summed E-state index contributed by atoms with van der Waals surface area (Å²) in [5.74, 6) is 0.139. The Balaban J connectivity index is 1.70. The fraction of sp³-hybridized carbons (Fsp3) is 0.250. The van der Waals surface area contributed by atoms with E-state index in [1.54, 1.807) is 10.6 Å². The molecule has 1 N–H and O–H groups in total. The maximum Gasteiger partial charge on any atom is 0.262 e. The first-order valence-corrected chi connectivity index (χ1v) is 9.52. The molecule has 0 aliphatic rings. The lowest BCUT2D eigenvalue weighted by Crippen LogP contribution is -2.26. The lowest BCUT2D eigenvalue weighted by atomic mass is 10.1. The van der Waals surface area contributed by atoms with Gasteiger partial charge in [0.15, 0.2) is 5.16 Å². The zero-order valence-electron chi connectivity index (χ0n) is 14.9. The van der Waals surface area contributed by atoms with Gasteiger partial charge >= 0.3 is 0 Å². The van der Waals surface area contributed by atoms with Crippen molar-refractivity contribution in [2.75, 3.05) is 5.75 Å². The molecule has 2 aromatic carbocycles. The Hall–Kier alpha value is -2.60. The van der Waals surface area contributed by atoms with Crippen LogP contribution in [0.2, 0.25) is 0 Å². The summed E-state index contributed by atoms with van der Waals surface area (Å²) >= 11 is 1.29. The van der Waals surface area contributed by atoms with Gasteiger partial charge in [-0.2, -0.15) is 0 Å². The van der Waals surface area contributed by atoms with E-state index in [9.17, 15) is 9.59 Å². The van der Waals surface area contributed by atoms with Crippen LogP contribution in [-0.4, -0.2) is 21.2 Å². The zero-order chi connectivity index (χ0) is 18.5. The van der Waals surface area contributed by atoms with E-state index in [0.29, 0.717) is 29.1 Å². The Morgan fingerprint density at radius 3 is 2.65 bits per heavy atom. The van der Waals surface area contributed by atoms with Crippen LogP contribution >= 0.6 is 11.8 Å². The summed E-state index contributed by atoms with van der Waals surface area (Å²) in [5, 5.41) is 4.10. The number of benzene rings is 2. The van der Waals surface area contributed by atoms with E-state index in [4.69, 9.17) is 0 Å². The number of amides is 1. The van der Waals surface area contributed by atoms with Crippen molar-refractivity contribution in [3.8, 4) is 0 Å². The minimum Gasteiger partial charge on any atom is -0.351 e. The van der Waals surface area contributed by atoms with Crippen molar-refractivity contribution in [3.63, 3.8) is 0 Å². The number of nitrogens with zero attached hydrogens (tertiary/aromatic N) is 2. The molecule has 0 bridgehead atoms. The molecule has 3 rings (SSSR count). The van der Waals surface area contributed by atoms with E-state index in [0.717, 1.165) is 11.1 Å². The van der Waals surface area contributed by atoms with Crippen molar-refractivity contribution in [2.45, 2.75) is 32.1 Å². The first kappa shape index (κ1) is 18.2. The third-order valence-electron chi connectivity index (χ3n) is 4.21. The molecule has 0 saturated heterocycles. The van der Waals surface area contributed by atoms with Crippen LogP contribution < -0.4 is 10.9 Å². The Morgan fingerprint density at radius 1 is 1.15 bits per heavy atom. The standard InChI is InChI=1S/C20H21N3O2S/c1-3-23-19(25)16-10-6-7-11-17(16)22-20(23)26-13-18(24)21-12-15-9-5-4-8-14(15)2/h4-11H,3,12-13H2,1-2H3,(H,21,24). The number of carbonyl (C=O) groups is 1. The summed E-state index contributed by atoms with van der Waals surface area (Å²) < 4.78 is 1.61. The van der Waals surface area contributed by atoms with Gasteiger partial charge in [0.05, 0.1) is 16.7 Å². The molecule has 0 atom stereocenters. The number of fused-ring (bicyclic) bond motifs is 1. The molecule has 0 spiro atoms. The maximum atomic E-state index is 12.6. The second kappa shape index (κ2) is 8.19. The van der Waals surface area contributed by atoms with E-state index >= 15 is 0 Å². The highest BCUT2D eigenvalue weighted by atomic mass is 32.2. The molecule has 0 aliphatic carbocycles. The molecule has 0 unspecified atom stereocenters. The first-order valence-electron chi connectivity index (χ1n) is 8.53. The molecule has 3 aromatic rings. The number of carbonyl (C=O) groups excluding carboxylic acids is 1. The van der Waals surface area contributed by atoms with Crippen LogP contribution in [-0.2, 0) is 17.9 Å². The van der Waals surface area contributed by atoms with Gasteiger partial charge in [-0.05, 0) is 37.1 Å². The van der Waals surface area contributed by atoms with Crippen LogP contribution in [0.15, 0.2) is 58.5 Å². The number of thioether (sulfide) groups is 1. The molecular formula is C20H21N3O2S. The highest BCUT2D eigenvalue weighted by Gasteiger charge is 2.12. The molecule has 6 heteroatoms. The largest absolute Gasteiger partial charge is 0.351 e. The van der Waals surface area contributed by atoms with E-state index in [-0.39, 0.29) is 17.2 Å². The van der Waals surface area contributed by atoms with Crippen molar-refractivity contribution < 1.29 is 4.79 Å². The summed E-state index contributed by atoms with van der Waals surface area (Å²) in [6.07, 6.45) is 0. The summed E-state index contributed by atoms with van der Waals surface area (Å²) in [6.45, 7) is 4.94. The van der Waals surface area contributed by atoms with Crippen molar-refractivity contribution in [2.24, 2.45) is 0 Å². The van der Waals surface area contributed by atoms with Crippen LogP contribution in [0.4, 0.5) is 0 Å². The van der Waals surface area contributed by atoms with Crippen LogP contribution in [0.25, 0.3) is 10.9 Å². The summed E-state index contributed by atoms with van der Waals surface area (Å²) in [6, 6.07) is 15.2. The molecule has 0 saturated carbocycles. The lowest BCUT2D eigenvalue weighted by molar-refractivity contribution is -0.118.